The number of hydrogen-bond acceptors (Lipinski definition) is 6. The molecule has 1 amide bonds. The minimum absolute atomic E-state index is 0.0242. The van der Waals surface area contributed by atoms with Crippen molar-refractivity contribution in [1.29, 1.82) is 0 Å². The lowest BCUT2D eigenvalue weighted by Crippen LogP contribution is -2.23. The lowest BCUT2D eigenvalue weighted by molar-refractivity contribution is 0.0691. The molecule has 24 heavy (non-hydrogen) atoms. The number of nitrogens with zero attached hydrogens (tertiary/aromatic N) is 1. The van der Waals surface area contributed by atoms with Gasteiger partial charge < -0.3 is 19.9 Å². The standard InChI is InChI=1S/C16H18N2O5S/c1-2-22-7-8-23-13-6-4-3-5-11(13)15(19)17-9-14-18-12(10-24-14)16(20)21/h3-6,10H,2,7-9H2,1H3,(H,17,19)(H,20,21). The highest BCUT2D eigenvalue weighted by molar-refractivity contribution is 7.09. The monoisotopic (exact) mass is 350 g/mol. The molecule has 0 saturated carbocycles. The van der Waals surface area contributed by atoms with Crippen molar-refractivity contribution in [1.82, 2.24) is 10.3 Å². The molecule has 1 heterocycles. The fourth-order valence-corrected chi connectivity index (χ4v) is 2.58. The SMILES string of the molecule is CCOCCOc1ccccc1C(=O)NCc1nc(C(=O)O)cs1. The van der Waals surface area contributed by atoms with Crippen molar-refractivity contribution in [3.63, 3.8) is 0 Å². The number of benzene rings is 1. The Hall–Kier alpha value is -2.45. The smallest absolute Gasteiger partial charge is 0.355 e. The summed E-state index contributed by atoms with van der Waals surface area (Å²) in [5.74, 6) is -0.925. The Morgan fingerprint density at radius 2 is 2.08 bits per heavy atom. The Kier molecular flexibility index (Phi) is 6.71. The van der Waals surface area contributed by atoms with Gasteiger partial charge in [-0.1, -0.05) is 12.1 Å². The van der Waals surface area contributed by atoms with Crippen molar-refractivity contribution in [3.8, 4) is 5.75 Å². The number of amides is 1. The van der Waals surface area contributed by atoms with Gasteiger partial charge >= 0.3 is 5.97 Å². The molecule has 1 aromatic heterocycles. The van der Waals surface area contributed by atoms with Gasteiger partial charge in [-0.2, -0.15) is 0 Å². The molecule has 0 saturated heterocycles. The normalized spacial score (nSPS) is 10.4. The Morgan fingerprint density at radius 1 is 1.29 bits per heavy atom. The van der Waals surface area contributed by atoms with Crippen molar-refractivity contribution in [2.75, 3.05) is 19.8 Å². The quantitative estimate of drug-likeness (QED) is 0.673. The average Bonchev–Trinajstić information content (AvgIpc) is 3.06. The molecule has 128 valence electrons. The summed E-state index contributed by atoms with van der Waals surface area (Å²) in [5.41, 5.74) is 0.382. The maximum atomic E-state index is 12.3. The highest BCUT2D eigenvalue weighted by Gasteiger charge is 2.13. The first-order valence-electron chi connectivity index (χ1n) is 7.37. The van der Waals surface area contributed by atoms with Crippen molar-refractivity contribution in [2.45, 2.75) is 13.5 Å². The maximum absolute atomic E-state index is 12.3. The summed E-state index contributed by atoms with van der Waals surface area (Å²) in [7, 11) is 0. The summed E-state index contributed by atoms with van der Waals surface area (Å²) in [6.45, 7) is 3.47. The summed E-state index contributed by atoms with van der Waals surface area (Å²) in [4.78, 5) is 27.0. The molecule has 0 atom stereocenters. The lowest BCUT2D eigenvalue weighted by Gasteiger charge is -2.11. The van der Waals surface area contributed by atoms with E-state index in [9.17, 15) is 9.59 Å². The first-order valence-corrected chi connectivity index (χ1v) is 8.25. The third-order valence-corrected chi connectivity index (χ3v) is 3.84. The molecule has 2 rings (SSSR count). The van der Waals surface area contributed by atoms with Crippen molar-refractivity contribution in [3.05, 3.63) is 45.9 Å². The van der Waals surface area contributed by atoms with Crippen LogP contribution in [0.2, 0.25) is 0 Å². The van der Waals surface area contributed by atoms with E-state index in [0.717, 1.165) is 0 Å². The number of para-hydroxylation sites is 1. The van der Waals surface area contributed by atoms with Crippen molar-refractivity contribution >= 4 is 23.2 Å². The van der Waals surface area contributed by atoms with Gasteiger partial charge in [0.2, 0.25) is 0 Å². The fraction of sp³-hybridized carbons (Fsp3) is 0.312. The summed E-state index contributed by atoms with van der Waals surface area (Å²) in [6, 6.07) is 6.91. The van der Waals surface area contributed by atoms with Gasteiger partial charge in [0.05, 0.1) is 18.7 Å². The predicted octanol–water partition coefficient (Wildman–Crippen LogP) is 2.19. The van der Waals surface area contributed by atoms with E-state index >= 15 is 0 Å². The van der Waals surface area contributed by atoms with Crippen LogP contribution >= 0.6 is 11.3 Å². The van der Waals surface area contributed by atoms with Crippen LogP contribution < -0.4 is 10.1 Å². The van der Waals surface area contributed by atoms with Gasteiger partial charge in [0.1, 0.15) is 17.4 Å². The molecular formula is C16H18N2O5S. The van der Waals surface area contributed by atoms with Gasteiger partial charge in [-0.3, -0.25) is 4.79 Å². The third kappa shape index (κ3) is 5.04. The van der Waals surface area contributed by atoms with Gasteiger partial charge in [0.15, 0.2) is 5.69 Å². The Morgan fingerprint density at radius 3 is 2.79 bits per heavy atom. The Balaban J connectivity index is 1.94. The zero-order chi connectivity index (χ0) is 17.4. The lowest BCUT2D eigenvalue weighted by atomic mass is 10.2. The Bertz CT molecular complexity index is 701. The van der Waals surface area contributed by atoms with Crippen LogP contribution in [-0.4, -0.2) is 41.8 Å². The van der Waals surface area contributed by atoms with E-state index in [2.05, 4.69) is 10.3 Å². The molecule has 8 heteroatoms. The van der Waals surface area contributed by atoms with Gasteiger partial charge in [-0.25, -0.2) is 9.78 Å². The predicted molar refractivity (Wildman–Crippen MR) is 88.7 cm³/mol. The van der Waals surface area contributed by atoms with E-state index in [4.69, 9.17) is 14.6 Å². The number of carboxylic acids is 1. The Labute approximate surface area is 143 Å². The molecule has 0 spiro atoms. The van der Waals surface area contributed by atoms with Crippen LogP contribution in [0.15, 0.2) is 29.6 Å². The van der Waals surface area contributed by atoms with Crippen molar-refractivity contribution < 1.29 is 24.2 Å². The zero-order valence-corrected chi connectivity index (χ0v) is 14.0. The van der Waals surface area contributed by atoms with E-state index in [1.807, 2.05) is 6.92 Å². The maximum Gasteiger partial charge on any atom is 0.355 e. The van der Waals surface area contributed by atoms with Crippen LogP contribution in [0.25, 0.3) is 0 Å². The molecule has 0 radical (unpaired) electrons. The molecule has 0 aliphatic heterocycles. The van der Waals surface area contributed by atoms with E-state index in [1.54, 1.807) is 24.3 Å². The van der Waals surface area contributed by atoms with Gasteiger partial charge in [0, 0.05) is 12.0 Å². The molecular weight excluding hydrogens is 332 g/mol. The van der Waals surface area contributed by atoms with Gasteiger partial charge in [0.25, 0.3) is 5.91 Å². The highest BCUT2D eigenvalue weighted by atomic mass is 32.1. The van der Waals surface area contributed by atoms with Crippen LogP contribution in [-0.2, 0) is 11.3 Å². The highest BCUT2D eigenvalue weighted by Crippen LogP contribution is 2.18. The molecule has 0 aliphatic rings. The molecule has 0 fully saturated rings. The third-order valence-electron chi connectivity index (χ3n) is 2.99. The van der Waals surface area contributed by atoms with Gasteiger partial charge in [-0.05, 0) is 19.1 Å². The van der Waals surface area contributed by atoms with Crippen LogP contribution in [0.5, 0.6) is 5.75 Å². The number of hydrogen-bond donors (Lipinski definition) is 2. The van der Waals surface area contributed by atoms with E-state index in [0.29, 0.717) is 36.1 Å². The number of aromatic nitrogens is 1. The fourth-order valence-electron chi connectivity index (χ4n) is 1.88. The second kappa shape index (κ2) is 8.99. The van der Waals surface area contributed by atoms with Crippen LogP contribution in [0, 0.1) is 0 Å². The van der Waals surface area contributed by atoms with E-state index in [-0.39, 0.29) is 18.1 Å². The summed E-state index contributed by atoms with van der Waals surface area (Å²) < 4.78 is 10.8. The molecule has 2 aromatic rings. The minimum Gasteiger partial charge on any atom is -0.490 e. The summed E-state index contributed by atoms with van der Waals surface area (Å²) in [6.07, 6.45) is 0. The van der Waals surface area contributed by atoms with E-state index < -0.39 is 5.97 Å². The average molecular weight is 350 g/mol. The largest absolute Gasteiger partial charge is 0.490 e. The first kappa shape index (κ1) is 17.9. The zero-order valence-electron chi connectivity index (χ0n) is 13.2. The molecule has 0 aliphatic carbocycles. The number of carbonyl (C=O) groups is 2. The number of carbonyl (C=O) groups excluding carboxylic acids is 1. The number of ether oxygens (including phenoxy) is 2. The second-order valence-electron chi connectivity index (χ2n) is 4.66. The molecule has 0 unspecified atom stereocenters. The number of thiazole rings is 1. The summed E-state index contributed by atoms with van der Waals surface area (Å²) >= 11 is 1.18. The number of aromatic carboxylic acids is 1. The molecule has 0 bridgehead atoms. The first-order chi connectivity index (χ1) is 11.6. The van der Waals surface area contributed by atoms with Gasteiger partial charge in [-0.15, -0.1) is 11.3 Å². The van der Waals surface area contributed by atoms with Crippen LogP contribution in [0.4, 0.5) is 0 Å². The molecule has 7 nitrogen and oxygen atoms in total. The number of rotatable bonds is 9. The topological polar surface area (TPSA) is 97.8 Å². The van der Waals surface area contributed by atoms with E-state index in [1.165, 1.54) is 16.7 Å². The number of nitrogens with one attached hydrogen (secondary N) is 1. The van der Waals surface area contributed by atoms with Crippen LogP contribution in [0.1, 0.15) is 32.8 Å². The molecule has 2 N–H and O–H groups in total. The minimum atomic E-state index is -1.09. The summed E-state index contributed by atoms with van der Waals surface area (Å²) in [5, 5.41) is 13.5. The second-order valence-corrected chi connectivity index (χ2v) is 5.60. The molecule has 1 aromatic carbocycles. The number of carboxylic acid groups (broad SMARTS) is 1. The van der Waals surface area contributed by atoms with Crippen molar-refractivity contribution in [2.24, 2.45) is 0 Å². The van der Waals surface area contributed by atoms with Crippen LogP contribution in [0.3, 0.4) is 0 Å².